The van der Waals surface area contributed by atoms with E-state index in [0.717, 1.165) is 31.0 Å². The molecule has 2 N–H and O–H groups in total. The fourth-order valence-electron chi connectivity index (χ4n) is 2.01. The second-order valence-electron chi connectivity index (χ2n) is 4.48. The van der Waals surface area contributed by atoms with E-state index in [9.17, 15) is 0 Å². The third-order valence-corrected chi connectivity index (χ3v) is 3.36. The van der Waals surface area contributed by atoms with Crippen molar-refractivity contribution in [3.8, 4) is 0 Å². The maximum absolute atomic E-state index is 5.80. The van der Waals surface area contributed by atoms with Crippen LogP contribution in [0.4, 0.5) is 11.6 Å². The predicted octanol–water partition coefficient (Wildman–Crippen LogP) is 0.508. The monoisotopic (exact) mass is 221 g/mol. The first kappa shape index (κ1) is 11.1. The van der Waals surface area contributed by atoms with Gasteiger partial charge in [-0.25, -0.2) is 9.97 Å². The highest BCUT2D eigenvalue weighted by atomic mass is 15.3. The fourth-order valence-corrected chi connectivity index (χ4v) is 2.01. The molecule has 1 atom stereocenters. The number of hydrogen-bond donors (Lipinski definition) is 1. The summed E-state index contributed by atoms with van der Waals surface area (Å²) in [7, 11) is 2.16. The fraction of sp³-hybridized carbons (Fsp3) is 0.636. The number of aromatic nitrogens is 2. The minimum Gasteiger partial charge on any atom is -0.383 e. The Hall–Kier alpha value is -1.36. The molecule has 1 aromatic rings. The Labute approximate surface area is 96.3 Å². The summed E-state index contributed by atoms with van der Waals surface area (Å²) in [4.78, 5) is 13.0. The van der Waals surface area contributed by atoms with E-state index in [0.29, 0.717) is 11.9 Å². The normalized spacial score (nSPS) is 22.4. The Bertz CT molecular complexity index is 379. The molecule has 5 nitrogen and oxygen atoms in total. The van der Waals surface area contributed by atoms with Gasteiger partial charge < -0.3 is 15.5 Å². The maximum atomic E-state index is 5.80. The van der Waals surface area contributed by atoms with Crippen LogP contribution in [0.15, 0.2) is 6.33 Å². The number of nitrogen functional groups attached to an aromatic ring is 1. The highest BCUT2D eigenvalue weighted by molar-refractivity contribution is 5.55. The van der Waals surface area contributed by atoms with Gasteiger partial charge in [-0.1, -0.05) is 0 Å². The van der Waals surface area contributed by atoms with Gasteiger partial charge in [0, 0.05) is 31.2 Å². The van der Waals surface area contributed by atoms with Crippen molar-refractivity contribution in [1.82, 2.24) is 14.9 Å². The summed E-state index contributed by atoms with van der Waals surface area (Å²) in [6, 6.07) is 0.546. The Balaban J connectivity index is 2.22. The summed E-state index contributed by atoms with van der Waals surface area (Å²) in [5.74, 6) is 1.56. The molecule has 1 aliphatic heterocycles. The minimum atomic E-state index is 0.546. The molecule has 0 aromatic carbocycles. The topological polar surface area (TPSA) is 58.3 Å². The van der Waals surface area contributed by atoms with E-state index >= 15 is 0 Å². The highest BCUT2D eigenvalue weighted by Gasteiger charge is 2.23. The van der Waals surface area contributed by atoms with Crippen molar-refractivity contribution in [2.24, 2.45) is 0 Å². The van der Waals surface area contributed by atoms with Crippen LogP contribution in [0, 0.1) is 6.92 Å². The van der Waals surface area contributed by atoms with Crippen LogP contribution in [-0.4, -0.2) is 47.6 Å². The van der Waals surface area contributed by atoms with Crippen LogP contribution in [0.5, 0.6) is 0 Å². The zero-order valence-corrected chi connectivity index (χ0v) is 10.1. The molecule has 88 valence electrons. The van der Waals surface area contributed by atoms with Gasteiger partial charge in [0.15, 0.2) is 0 Å². The number of piperazine rings is 1. The standard InChI is InChI=1S/C11H19N5/c1-8-6-16(5-4-15(8)3)11-9(2)10(12)13-7-14-11/h7-8H,4-6H2,1-3H3,(H2,12,13,14). The molecule has 0 aliphatic carbocycles. The van der Waals surface area contributed by atoms with Crippen LogP contribution in [0.1, 0.15) is 12.5 Å². The largest absolute Gasteiger partial charge is 0.383 e. The molecule has 2 rings (SSSR count). The van der Waals surface area contributed by atoms with Crippen molar-refractivity contribution in [3.63, 3.8) is 0 Å². The SMILES string of the molecule is Cc1c(N)ncnc1N1CCN(C)C(C)C1. The third kappa shape index (κ3) is 1.95. The van der Waals surface area contributed by atoms with Crippen molar-refractivity contribution < 1.29 is 0 Å². The Morgan fingerprint density at radius 3 is 2.81 bits per heavy atom. The van der Waals surface area contributed by atoms with Gasteiger partial charge >= 0.3 is 0 Å². The second kappa shape index (κ2) is 4.25. The van der Waals surface area contributed by atoms with Crippen LogP contribution < -0.4 is 10.6 Å². The van der Waals surface area contributed by atoms with Crippen molar-refractivity contribution in [2.75, 3.05) is 37.3 Å². The van der Waals surface area contributed by atoms with Crippen LogP contribution in [0.25, 0.3) is 0 Å². The van der Waals surface area contributed by atoms with E-state index in [4.69, 9.17) is 5.73 Å². The summed E-state index contributed by atoms with van der Waals surface area (Å²) < 4.78 is 0. The zero-order valence-electron chi connectivity index (χ0n) is 10.1. The van der Waals surface area contributed by atoms with Gasteiger partial charge in [-0.15, -0.1) is 0 Å². The average Bonchev–Trinajstić information content (AvgIpc) is 2.26. The van der Waals surface area contributed by atoms with E-state index in [2.05, 4.69) is 33.7 Å². The van der Waals surface area contributed by atoms with Gasteiger partial charge in [0.05, 0.1) is 0 Å². The smallest absolute Gasteiger partial charge is 0.137 e. The lowest BCUT2D eigenvalue weighted by molar-refractivity contribution is 0.233. The molecular weight excluding hydrogens is 202 g/mol. The van der Waals surface area contributed by atoms with Gasteiger partial charge in [0.1, 0.15) is 18.0 Å². The first-order valence-corrected chi connectivity index (χ1v) is 5.62. The molecule has 0 bridgehead atoms. The molecule has 0 saturated carbocycles. The van der Waals surface area contributed by atoms with Gasteiger partial charge in [-0.05, 0) is 20.9 Å². The first-order chi connectivity index (χ1) is 7.59. The summed E-state index contributed by atoms with van der Waals surface area (Å²) >= 11 is 0. The number of likely N-dealkylation sites (N-methyl/N-ethyl adjacent to an activating group) is 1. The minimum absolute atomic E-state index is 0.546. The van der Waals surface area contributed by atoms with E-state index < -0.39 is 0 Å². The highest BCUT2D eigenvalue weighted by Crippen LogP contribution is 2.22. The molecule has 0 spiro atoms. The van der Waals surface area contributed by atoms with E-state index in [1.165, 1.54) is 0 Å². The quantitative estimate of drug-likeness (QED) is 0.748. The zero-order chi connectivity index (χ0) is 11.7. The second-order valence-corrected chi connectivity index (χ2v) is 4.48. The summed E-state index contributed by atoms with van der Waals surface area (Å²) in [5.41, 5.74) is 6.79. The van der Waals surface area contributed by atoms with Crippen molar-refractivity contribution in [2.45, 2.75) is 19.9 Å². The molecule has 0 amide bonds. The van der Waals surface area contributed by atoms with Crippen LogP contribution in [-0.2, 0) is 0 Å². The lowest BCUT2D eigenvalue weighted by Crippen LogP contribution is -2.50. The molecule has 1 unspecified atom stereocenters. The molecule has 0 radical (unpaired) electrons. The molecule has 1 fully saturated rings. The van der Waals surface area contributed by atoms with Gasteiger partial charge in [-0.2, -0.15) is 0 Å². The summed E-state index contributed by atoms with van der Waals surface area (Å²) in [6.45, 7) is 7.26. The predicted molar refractivity (Wildman–Crippen MR) is 65.5 cm³/mol. The Morgan fingerprint density at radius 1 is 1.38 bits per heavy atom. The van der Waals surface area contributed by atoms with Crippen LogP contribution in [0.2, 0.25) is 0 Å². The number of hydrogen-bond acceptors (Lipinski definition) is 5. The molecule has 2 heterocycles. The van der Waals surface area contributed by atoms with Gasteiger partial charge in [-0.3, -0.25) is 0 Å². The summed E-state index contributed by atoms with van der Waals surface area (Å²) in [5, 5.41) is 0. The Kier molecular flexibility index (Phi) is 2.96. The van der Waals surface area contributed by atoms with Crippen molar-refractivity contribution >= 4 is 11.6 Å². The molecule has 5 heteroatoms. The molecule has 1 aromatic heterocycles. The van der Waals surface area contributed by atoms with Crippen molar-refractivity contribution in [1.29, 1.82) is 0 Å². The molecule has 1 aliphatic rings. The Morgan fingerprint density at radius 2 is 2.12 bits per heavy atom. The molecule has 16 heavy (non-hydrogen) atoms. The first-order valence-electron chi connectivity index (χ1n) is 5.62. The molecule has 1 saturated heterocycles. The van der Waals surface area contributed by atoms with Gasteiger partial charge in [0.2, 0.25) is 0 Å². The summed E-state index contributed by atoms with van der Waals surface area (Å²) in [6.07, 6.45) is 1.54. The number of rotatable bonds is 1. The van der Waals surface area contributed by atoms with E-state index in [-0.39, 0.29) is 0 Å². The van der Waals surface area contributed by atoms with Crippen molar-refractivity contribution in [3.05, 3.63) is 11.9 Å². The maximum Gasteiger partial charge on any atom is 0.137 e. The third-order valence-electron chi connectivity index (χ3n) is 3.36. The lowest BCUT2D eigenvalue weighted by atomic mass is 10.2. The number of nitrogens with zero attached hydrogens (tertiary/aromatic N) is 4. The van der Waals surface area contributed by atoms with E-state index in [1.54, 1.807) is 6.33 Å². The average molecular weight is 221 g/mol. The lowest BCUT2D eigenvalue weighted by Gasteiger charge is -2.38. The molecular formula is C11H19N5. The van der Waals surface area contributed by atoms with Gasteiger partial charge in [0.25, 0.3) is 0 Å². The number of anilines is 2. The number of nitrogens with two attached hydrogens (primary N) is 1. The van der Waals surface area contributed by atoms with Crippen LogP contribution >= 0.6 is 0 Å². The van der Waals surface area contributed by atoms with Crippen LogP contribution in [0.3, 0.4) is 0 Å². The van der Waals surface area contributed by atoms with E-state index in [1.807, 2.05) is 6.92 Å².